The van der Waals surface area contributed by atoms with Crippen molar-refractivity contribution in [3.63, 3.8) is 0 Å². The van der Waals surface area contributed by atoms with Crippen LogP contribution in [0.15, 0.2) is 70.4 Å². The molecule has 1 aromatic heterocycles. The van der Waals surface area contributed by atoms with Crippen LogP contribution in [0.4, 0.5) is 0 Å². The van der Waals surface area contributed by atoms with Gasteiger partial charge in [0.1, 0.15) is 17.4 Å². The second kappa shape index (κ2) is 8.71. The molecule has 8 heteroatoms. The Morgan fingerprint density at radius 2 is 1.94 bits per heavy atom. The predicted octanol–water partition coefficient (Wildman–Crippen LogP) is 5.06. The monoisotopic (exact) mass is 457 g/mol. The first kappa shape index (κ1) is 21.2. The number of hydrogen-bond acceptors (Lipinski definition) is 5. The molecule has 3 aromatic rings. The fourth-order valence-electron chi connectivity index (χ4n) is 3.88. The van der Waals surface area contributed by atoms with Crippen LogP contribution in [0.1, 0.15) is 24.5 Å². The summed E-state index contributed by atoms with van der Waals surface area (Å²) in [5.41, 5.74) is 3.24. The topological polar surface area (TPSA) is 83.0 Å². The standard InChI is InChI=1S/C25H23N5O2S/c1-3-22-28-30-23(26)19(24(31)27-25(30)33-22)14-17-15-29(20-10-6-5-9-18(17)20)12-13-32-21-11-7-4-8-16(21)2/h4-11,14-15,26H,3,12-13H2,1-2H3. The summed E-state index contributed by atoms with van der Waals surface area (Å²) in [7, 11) is 0. The highest BCUT2D eigenvalue weighted by Crippen LogP contribution is 2.31. The lowest BCUT2D eigenvalue weighted by Gasteiger charge is -2.20. The number of benzene rings is 2. The Morgan fingerprint density at radius 3 is 2.76 bits per heavy atom. The fourth-order valence-corrected chi connectivity index (χ4v) is 4.70. The van der Waals surface area contributed by atoms with E-state index < -0.39 is 5.91 Å². The molecule has 5 rings (SSSR count). The van der Waals surface area contributed by atoms with Crippen molar-refractivity contribution in [2.45, 2.75) is 26.8 Å². The van der Waals surface area contributed by atoms with Crippen LogP contribution in [0.3, 0.4) is 0 Å². The minimum Gasteiger partial charge on any atom is -0.491 e. The maximum Gasteiger partial charge on any atom is 0.283 e. The number of carbonyl (C=O) groups excluding carboxylic acids is 1. The van der Waals surface area contributed by atoms with Crippen molar-refractivity contribution in [2.24, 2.45) is 10.1 Å². The molecule has 2 aromatic carbocycles. The van der Waals surface area contributed by atoms with Gasteiger partial charge in [-0.1, -0.05) is 43.3 Å². The molecule has 0 fully saturated rings. The van der Waals surface area contributed by atoms with Gasteiger partial charge in [-0.25, -0.2) is 0 Å². The van der Waals surface area contributed by atoms with Crippen molar-refractivity contribution in [2.75, 3.05) is 6.61 Å². The number of hydrazone groups is 1. The molecular formula is C25H23N5O2S. The number of para-hydroxylation sites is 2. The molecule has 2 aliphatic heterocycles. The fraction of sp³-hybridized carbons (Fsp3) is 0.200. The second-order valence-corrected chi connectivity index (χ2v) is 8.82. The Balaban J connectivity index is 1.44. The van der Waals surface area contributed by atoms with E-state index in [-0.39, 0.29) is 11.4 Å². The van der Waals surface area contributed by atoms with Crippen molar-refractivity contribution in [1.29, 1.82) is 5.41 Å². The largest absolute Gasteiger partial charge is 0.491 e. The molecule has 166 valence electrons. The van der Waals surface area contributed by atoms with E-state index in [1.165, 1.54) is 16.8 Å². The van der Waals surface area contributed by atoms with Gasteiger partial charge < -0.3 is 9.30 Å². The van der Waals surface area contributed by atoms with Crippen LogP contribution in [0.5, 0.6) is 5.75 Å². The second-order valence-electron chi connectivity index (χ2n) is 7.78. The van der Waals surface area contributed by atoms with Crippen molar-refractivity contribution in [1.82, 2.24) is 9.58 Å². The molecule has 0 bridgehead atoms. The number of fused-ring (bicyclic) bond motifs is 2. The Hall–Kier alpha value is -3.65. The highest BCUT2D eigenvalue weighted by atomic mass is 32.2. The molecule has 2 aliphatic rings. The number of ether oxygens (including phenoxy) is 1. The van der Waals surface area contributed by atoms with Gasteiger partial charge in [-0.15, -0.1) is 0 Å². The molecule has 0 saturated heterocycles. The molecule has 0 atom stereocenters. The number of aryl methyl sites for hydroxylation is 1. The number of rotatable bonds is 6. The number of amides is 1. The predicted molar refractivity (Wildman–Crippen MR) is 134 cm³/mol. The smallest absolute Gasteiger partial charge is 0.283 e. The van der Waals surface area contributed by atoms with Crippen LogP contribution in [0.25, 0.3) is 17.0 Å². The normalized spacial score (nSPS) is 16.9. The summed E-state index contributed by atoms with van der Waals surface area (Å²) in [6.07, 6.45) is 4.48. The number of hydrogen-bond donors (Lipinski definition) is 1. The van der Waals surface area contributed by atoms with Crippen LogP contribution in [0, 0.1) is 12.3 Å². The molecule has 0 aliphatic carbocycles. The van der Waals surface area contributed by atoms with Crippen LogP contribution in [0.2, 0.25) is 0 Å². The SMILES string of the molecule is CCC1=NN2C(=N)C(=Cc3cn(CCOc4ccccc4C)c4ccccc34)C(=O)N=C2S1. The molecule has 33 heavy (non-hydrogen) atoms. The zero-order chi connectivity index (χ0) is 22.9. The van der Waals surface area contributed by atoms with E-state index in [2.05, 4.69) is 14.7 Å². The molecular weight excluding hydrogens is 434 g/mol. The minimum absolute atomic E-state index is 0.0562. The van der Waals surface area contributed by atoms with E-state index in [1.807, 2.05) is 68.6 Å². The average molecular weight is 458 g/mol. The van der Waals surface area contributed by atoms with E-state index in [1.54, 1.807) is 6.08 Å². The van der Waals surface area contributed by atoms with Gasteiger partial charge in [0.2, 0.25) is 5.17 Å². The van der Waals surface area contributed by atoms with Crippen molar-refractivity contribution in [3.05, 3.63) is 71.4 Å². The first-order valence-electron chi connectivity index (χ1n) is 10.8. The summed E-state index contributed by atoms with van der Waals surface area (Å²) in [5.74, 6) is 0.522. The molecule has 0 spiro atoms. The van der Waals surface area contributed by atoms with Gasteiger partial charge in [0.05, 0.1) is 12.1 Å². The van der Waals surface area contributed by atoms with Crippen molar-refractivity contribution >= 4 is 50.7 Å². The van der Waals surface area contributed by atoms with Gasteiger partial charge in [0, 0.05) is 22.7 Å². The van der Waals surface area contributed by atoms with E-state index >= 15 is 0 Å². The van der Waals surface area contributed by atoms with Crippen molar-refractivity contribution < 1.29 is 9.53 Å². The first-order valence-corrected chi connectivity index (χ1v) is 11.6. The summed E-state index contributed by atoms with van der Waals surface area (Å²) >= 11 is 1.34. The minimum atomic E-state index is -0.411. The Bertz CT molecular complexity index is 1370. The molecule has 3 heterocycles. The molecule has 0 unspecified atom stereocenters. The lowest BCUT2D eigenvalue weighted by Crippen LogP contribution is -2.35. The van der Waals surface area contributed by atoms with E-state index in [9.17, 15) is 4.79 Å². The van der Waals surface area contributed by atoms with Crippen molar-refractivity contribution in [3.8, 4) is 5.75 Å². The highest BCUT2D eigenvalue weighted by Gasteiger charge is 2.35. The number of thioether (sulfide) groups is 1. The lowest BCUT2D eigenvalue weighted by molar-refractivity contribution is -0.114. The molecule has 0 radical (unpaired) electrons. The maximum absolute atomic E-state index is 12.7. The van der Waals surface area contributed by atoms with E-state index in [4.69, 9.17) is 10.1 Å². The Labute approximate surface area is 196 Å². The van der Waals surface area contributed by atoms with Crippen LogP contribution >= 0.6 is 11.8 Å². The van der Waals surface area contributed by atoms with Gasteiger partial charge in [-0.3, -0.25) is 10.2 Å². The van der Waals surface area contributed by atoms with Crippen LogP contribution in [-0.2, 0) is 11.3 Å². The third-order valence-corrected chi connectivity index (χ3v) is 6.65. The number of nitrogens with zero attached hydrogens (tertiary/aromatic N) is 4. The third kappa shape index (κ3) is 3.98. The summed E-state index contributed by atoms with van der Waals surface area (Å²) in [4.78, 5) is 16.9. The number of carbonyl (C=O) groups is 1. The van der Waals surface area contributed by atoms with Crippen LogP contribution in [-0.4, -0.2) is 38.1 Å². The quantitative estimate of drug-likeness (QED) is 0.525. The summed E-state index contributed by atoms with van der Waals surface area (Å²) in [6.45, 7) is 5.19. The zero-order valence-corrected chi connectivity index (χ0v) is 19.2. The van der Waals surface area contributed by atoms with Gasteiger partial charge >= 0.3 is 0 Å². The van der Waals surface area contributed by atoms with Crippen LogP contribution < -0.4 is 4.74 Å². The molecule has 0 saturated carbocycles. The van der Waals surface area contributed by atoms with E-state index in [0.717, 1.165) is 39.2 Å². The number of aliphatic imine (C=N–C) groups is 1. The molecule has 1 amide bonds. The molecule has 1 N–H and O–H groups in total. The maximum atomic E-state index is 12.7. The first-order chi connectivity index (χ1) is 16.0. The molecule has 7 nitrogen and oxygen atoms in total. The number of aromatic nitrogens is 1. The summed E-state index contributed by atoms with van der Waals surface area (Å²) < 4.78 is 8.10. The number of nitrogens with one attached hydrogen (secondary N) is 1. The average Bonchev–Trinajstić information content (AvgIpc) is 3.39. The van der Waals surface area contributed by atoms with Gasteiger partial charge in [0.25, 0.3) is 5.91 Å². The Morgan fingerprint density at radius 1 is 1.15 bits per heavy atom. The number of amidine groups is 2. The Kier molecular flexibility index (Phi) is 5.60. The third-order valence-electron chi connectivity index (χ3n) is 5.60. The lowest BCUT2D eigenvalue weighted by atomic mass is 10.1. The summed E-state index contributed by atoms with van der Waals surface area (Å²) in [5, 5.41) is 16.7. The van der Waals surface area contributed by atoms with Gasteiger partial charge in [0.15, 0.2) is 5.84 Å². The van der Waals surface area contributed by atoms with Gasteiger partial charge in [-0.05, 0) is 48.9 Å². The highest BCUT2D eigenvalue weighted by molar-refractivity contribution is 8.26. The van der Waals surface area contributed by atoms with E-state index in [0.29, 0.717) is 18.3 Å². The summed E-state index contributed by atoms with van der Waals surface area (Å²) in [6, 6.07) is 16.0. The zero-order valence-electron chi connectivity index (χ0n) is 18.4. The van der Waals surface area contributed by atoms with Gasteiger partial charge in [-0.2, -0.15) is 15.1 Å².